The van der Waals surface area contributed by atoms with Gasteiger partial charge in [-0.3, -0.25) is 4.79 Å². The van der Waals surface area contributed by atoms with Crippen molar-refractivity contribution in [1.29, 1.82) is 0 Å². The second-order valence-corrected chi connectivity index (χ2v) is 3.54. The highest BCUT2D eigenvalue weighted by Crippen LogP contribution is 2.18. The lowest BCUT2D eigenvalue weighted by Crippen LogP contribution is -2.26. The molecule has 1 aromatic carbocycles. The minimum atomic E-state index is -0.201. The Morgan fingerprint density at radius 1 is 1.47 bits per heavy atom. The molecule has 0 saturated carbocycles. The molecule has 0 spiro atoms. The van der Waals surface area contributed by atoms with Crippen LogP contribution in [0.15, 0.2) is 18.2 Å². The van der Waals surface area contributed by atoms with Crippen molar-refractivity contribution < 1.29 is 4.79 Å². The number of benzene rings is 1. The maximum absolute atomic E-state index is 11.6. The minimum absolute atomic E-state index is 0.201. The first-order valence-electron chi connectivity index (χ1n) is 4.68. The summed E-state index contributed by atoms with van der Waals surface area (Å²) in [6.45, 7) is 1.10. The molecule has 5 heteroatoms. The van der Waals surface area contributed by atoms with Crippen LogP contribution in [-0.2, 0) is 0 Å². The van der Waals surface area contributed by atoms with Crippen molar-refractivity contribution in [3.63, 3.8) is 0 Å². The second-order valence-electron chi connectivity index (χ2n) is 3.14. The Morgan fingerprint density at radius 3 is 2.80 bits per heavy atom. The predicted molar refractivity (Wildman–Crippen MR) is 61.9 cm³/mol. The fraction of sp³-hybridized carbons (Fsp3) is 0.300. The summed E-state index contributed by atoms with van der Waals surface area (Å²) in [4.78, 5) is 11.6. The maximum Gasteiger partial charge on any atom is 0.252 e. The summed E-state index contributed by atoms with van der Waals surface area (Å²) in [6, 6.07) is 4.80. The quantitative estimate of drug-likeness (QED) is 0.530. The molecule has 0 aliphatic heterocycles. The predicted octanol–water partition coefficient (Wildman–Crippen LogP) is 1.00. The number of amides is 1. The van der Waals surface area contributed by atoms with E-state index in [-0.39, 0.29) is 5.91 Å². The fourth-order valence-corrected chi connectivity index (χ4v) is 1.39. The van der Waals surface area contributed by atoms with Gasteiger partial charge in [0.25, 0.3) is 5.91 Å². The summed E-state index contributed by atoms with van der Waals surface area (Å²) in [5.41, 5.74) is 11.8. The Labute approximate surface area is 93.6 Å². The number of rotatable bonds is 4. The molecule has 1 rings (SSSR count). The fourth-order valence-electron chi connectivity index (χ4n) is 1.11. The number of halogens is 1. The van der Waals surface area contributed by atoms with E-state index in [9.17, 15) is 4.79 Å². The molecular formula is C10H14ClN3O. The number of hydrogen-bond acceptors (Lipinski definition) is 3. The Bertz CT molecular complexity index is 355. The summed E-state index contributed by atoms with van der Waals surface area (Å²) < 4.78 is 0. The molecule has 1 amide bonds. The Morgan fingerprint density at radius 2 is 2.20 bits per heavy atom. The molecule has 0 fully saturated rings. The Kier molecular flexibility index (Phi) is 4.39. The first-order valence-corrected chi connectivity index (χ1v) is 5.06. The lowest BCUT2D eigenvalue weighted by atomic mass is 10.2. The van der Waals surface area contributed by atoms with E-state index in [0.29, 0.717) is 29.4 Å². The smallest absolute Gasteiger partial charge is 0.252 e. The van der Waals surface area contributed by atoms with Gasteiger partial charge in [0.1, 0.15) is 0 Å². The van der Waals surface area contributed by atoms with Crippen molar-refractivity contribution >= 4 is 23.2 Å². The van der Waals surface area contributed by atoms with Crippen molar-refractivity contribution in [3.05, 3.63) is 28.8 Å². The zero-order valence-electron chi connectivity index (χ0n) is 8.29. The van der Waals surface area contributed by atoms with E-state index in [0.717, 1.165) is 6.42 Å². The van der Waals surface area contributed by atoms with Crippen LogP contribution in [0.5, 0.6) is 0 Å². The van der Waals surface area contributed by atoms with Gasteiger partial charge >= 0.3 is 0 Å². The first-order chi connectivity index (χ1) is 7.15. The zero-order valence-corrected chi connectivity index (χ0v) is 9.05. The van der Waals surface area contributed by atoms with E-state index in [4.69, 9.17) is 23.1 Å². The topological polar surface area (TPSA) is 81.1 Å². The van der Waals surface area contributed by atoms with Crippen LogP contribution in [0.1, 0.15) is 16.8 Å². The summed E-state index contributed by atoms with van der Waals surface area (Å²) in [7, 11) is 0. The van der Waals surface area contributed by atoms with Gasteiger partial charge < -0.3 is 16.8 Å². The molecule has 0 radical (unpaired) electrons. The van der Waals surface area contributed by atoms with Gasteiger partial charge in [-0.05, 0) is 31.2 Å². The molecule has 0 atom stereocenters. The third-order valence-corrected chi connectivity index (χ3v) is 2.22. The number of nitrogens with one attached hydrogen (secondary N) is 1. The number of carbonyl (C=O) groups excluding carboxylic acids is 1. The van der Waals surface area contributed by atoms with Gasteiger partial charge in [0, 0.05) is 12.2 Å². The molecule has 0 aliphatic rings. The van der Waals surface area contributed by atoms with E-state index in [1.165, 1.54) is 0 Å². The average Bonchev–Trinajstić information content (AvgIpc) is 2.17. The van der Waals surface area contributed by atoms with E-state index < -0.39 is 0 Å². The Balaban J connectivity index is 2.65. The van der Waals surface area contributed by atoms with Gasteiger partial charge in [-0.25, -0.2) is 0 Å². The van der Waals surface area contributed by atoms with Crippen molar-refractivity contribution in [1.82, 2.24) is 5.32 Å². The van der Waals surface area contributed by atoms with Crippen LogP contribution >= 0.6 is 11.6 Å². The largest absolute Gasteiger partial charge is 0.399 e. The summed E-state index contributed by atoms with van der Waals surface area (Å²) in [6.07, 6.45) is 0.748. The normalized spacial score (nSPS) is 10.0. The summed E-state index contributed by atoms with van der Waals surface area (Å²) in [5.74, 6) is -0.201. The molecule has 0 bridgehead atoms. The van der Waals surface area contributed by atoms with E-state index >= 15 is 0 Å². The van der Waals surface area contributed by atoms with Crippen LogP contribution in [0.4, 0.5) is 5.69 Å². The molecule has 0 heterocycles. The average molecular weight is 228 g/mol. The third kappa shape index (κ3) is 3.42. The maximum atomic E-state index is 11.6. The lowest BCUT2D eigenvalue weighted by molar-refractivity contribution is 0.0953. The van der Waals surface area contributed by atoms with Crippen molar-refractivity contribution in [3.8, 4) is 0 Å². The van der Waals surface area contributed by atoms with E-state index in [1.807, 2.05) is 0 Å². The van der Waals surface area contributed by atoms with Crippen LogP contribution < -0.4 is 16.8 Å². The monoisotopic (exact) mass is 227 g/mol. The molecule has 5 N–H and O–H groups in total. The molecule has 0 aromatic heterocycles. The summed E-state index contributed by atoms with van der Waals surface area (Å²) in [5, 5.41) is 3.08. The van der Waals surface area contributed by atoms with Gasteiger partial charge in [-0.1, -0.05) is 11.6 Å². The molecule has 0 aliphatic carbocycles. The number of carbonyl (C=O) groups is 1. The number of nitrogens with two attached hydrogens (primary N) is 2. The third-order valence-electron chi connectivity index (χ3n) is 1.90. The molecule has 15 heavy (non-hydrogen) atoms. The van der Waals surface area contributed by atoms with Crippen molar-refractivity contribution in [2.24, 2.45) is 5.73 Å². The van der Waals surface area contributed by atoms with Gasteiger partial charge in [0.15, 0.2) is 0 Å². The van der Waals surface area contributed by atoms with Crippen molar-refractivity contribution in [2.45, 2.75) is 6.42 Å². The van der Waals surface area contributed by atoms with Crippen LogP contribution in [0.2, 0.25) is 5.02 Å². The van der Waals surface area contributed by atoms with Gasteiger partial charge in [-0.15, -0.1) is 0 Å². The van der Waals surface area contributed by atoms with Gasteiger partial charge in [0.05, 0.1) is 10.6 Å². The molecule has 1 aromatic rings. The standard InChI is InChI=1S/C10H14ClN3O/c11-9-6-7(13)2-3-8(9)10(15)14-5-1-4-12/h2-3,6H,1,4-5,12-13H2,(H,14,15). The van der Waals surface area contributed by atoms with Crippen molar-refractivity contribution in [2.75, 3.05) is 18.8 Å². The lowest BCUT2D eigenvalue weighted by Gasteiger charge is -2.06. The van der Waals surface area contributed by atoms with E-state index in [1.54, 1.807) is 18.2 Å². The second kappa shape index (κ2) is 5.58. The van der Waals surface area contributed by atoms with Crippen LogP contribution in [0.25, 0.3) is 0 Å². The summed E-state index contributed by atoms with van der Waals surface area (Å²) >= 11 is 5.87. The number of anilines is 1. The number of hydrogen-bond donors (Lipinski definition) is 3. The molecule has 0 unspecified atom stereocenters. The van der Waals surface area contributed by atoms with Crippen LogP contribution in [0, 0.1) is 0 Å². The van der Waals surface area contributed by atoms with Gasteiger partial charge in [0.2, 0.25) is 0 Å². The molecule has 82 valence electrons. The highest BCUT2D eigenvalue weighted by molar-refractivity contribution is 6.34. The Hall–Kier alpha value is -1.26. The number of nitrogen functional groups attached to an aromatic ring is 1. The van der Waals surface area contributed by atoms with Gasteiger partial charge in [-0.2, -0.15) is 0 Å². The zero-order chi connectivity index (χ0) is 11.3. The SMILES string of the molecule is NCCCNC(=O)c1ccc(N)cc1Cl. The van der Waals surface area contributed by atoms with Crippen LogP contribution in [0.3, 0.4) is 0 Å². The first kappa shape index (κ1) is 11.8. The molecular weight excluding hydrogens is 214 g/mol. The molecule has 4 nitrogen and oxygen atoms in total. The minimum Gasteiger partial charge on any atom is -0.399 e. The highest BCUT2D eigenvalue weighted by Gasteiger charge is 2.09. The van der Waals surface area contributed by atoms with E-state index in [2.05, 4.69) is 5.32 Å². The highest BCUT2D eigenvalue weighted by atomic mass is 35.5. The molecule has 0 saturated heterocycles. The van der Waals surface area contributed by atoms with Crippen LogP contribution in [-0.4, -0.2) is 19.0 Å².